The summed E-state index contributed by atoms with van der Waals surface area (Å²) >= 11 is 0. The number of rotatable bonds is 5. The van der Waals surface area contributed by atoms with Crippen LogP contribution in [0, 0.1) is 0 Å². The van der Waals surface area contributed by atoms with E-state index in [1.54, 1.807) is 21.0 Å². The number of fused-ring (bicyclic) bond motifs is 1. The molecule has 0 aromatic heterocycles. The number of carbonyl (C=O) groups excluding carboxylic acids is 1. The molecule has 0 amide bonds. The third kappa shape index (κ3) is 4.08. The molecule has 1 aromatic rings. The highest BCUT2D eigenvalue weighted by Gasteiger charge is 2.42. The van der Waals surface area contributed by atoms with Crippen LogP contribution in [-0.4, -0.2) is 42.0 Å². The summed E-state index contributed by atoms with van der Waals surface area (Å²) in [5.41, 5.74) is 13.3. The van der Waals surface area contributed by atoms with Gasteiger partial charge in [-0.1, -0.05) is 0 Å². The lowest BCUT2D eigenvalue weighted by atomic mass is 9.81. The number of hydrogen-bond acceptors (Lipinski definition) is 5. The fourth-order valence-corrected chi connectivity index (χ4v) is 4.17. The van der Waals surface area contributed by atoms with Gasteiger partial charge in [0.25, 0.3) is 0 Å². The Morgan fingerprint density at radius 2 is 2.00 bits per heavy atom. The van der Waals surface area contributed by atoms with Gasteiger partial charge in [-0.25, -0.2) is 0 Å². The number of aliphatic imine (C=N–C) groups is 1. The topological polar surface area (TPSA) is 99.9 Å². The molecular weight excluding hydrogens is 354 g/mol. The molecule has 1 fully saturated rings. The normalized spacial score (nSPS) is 30.1. The number of ether oxygens (including phenoxy) is 2. The highest BCUT2D eigenvalue weighted by atomic mass is 16.5. The zero-order valence-corrected chi connectivity index (χ0v) is 17.5. The van der Waals surface area contributed by atoms with Gasteiger partial charge in [0, 0.05) is 18.7 Å². The molecule has 28 heavy (non-hydrogen) atoms. The van der Waals surface area contributed by atoms with E-state index in [1.807, 2.05) is 12.1 Å². The summed E-state index contributed by atoms with van der Waals surface area (Å²) in [6.07, 6.45) is 5.12. The molecule has 1 aliphatic carbocycles. The van der Waals surface area contributed by atoms with Crippen LogP contribution in [0.15, 0.2) is 23.2 Å². The van der Waals surface area contributed by atoms with Crippen molar-refractivity contribution in [3.8, 4) is 5.75 Å². The number of aryl methyl sites for hydroxylation is 1. The number of amidine groups is 1. The largest absolute Gasteiger partial charge is 0.487 e. The van der Waals surface area contributed by atoms with Gasteiger partial charge in [0.2, 0.25) is 0 Å². The molecule has 4 N–H and O–H groups in total. The van der Waals surface area contributed by atoms with E-state index in [1.165, 1.54) is 0 Å². The van der Waals surface area contributed by atoms with E-state index in [9.17, 15) is 4.79 Å². The molecule has 0 saturated heterocycles. The second kappa shape index (κ2) is 7.84. The molecule has 0 bridgehead atoms. The van der Waals surface area contributed by atoms with Crippen LogP contribution in [0.4, 0.5) is 0 Å². The molecule has 154 valence electrons. The Labute approximate surface area is 167 Å². The van der Waals surface area contributed by atoms with Crippen LogP contribution in [0.3, 0.4) is 0 Å². The van der Waals surface area contributed by atoms with Crippen LogP contribution < -0.4 is 16.2 Å². The number of hydrogen-bond donors (Lipinski definition) is 2. The summed E-state index contributed by atoms with van der Waals surface area (Å²) in [6.45, 7) is 5.49. The highest BCUT2D eigenvalue weighted by Crippen LogP contribution is 2.35. The van der Waals surface area contributed by atoms with E-state index in [0.717, 1.165) is 49.0 Å². The maximum absolute atomic E-state index is 12.0. The second-order valence-corrected chi connectivity index (χ2v) is 8.67. The molecular formula is C22H33N3O3. The first kappa shape index (κ1) is 20.8. The highest BCUT2D eigenvalue weighted by molar-refractivity contribution is 5.98. The molecule has 2 atom stereocenters. The van der Waals surface area contributed by atoms with Gasteiger partial charge in [0.05, 0.1) is 5.54 Å². The summed E-state index contributed by atoms with van der Waals surface area (Å²) in [5.74, 6) is 1.32. The number of carbonyl (C=O) groups is 1. The van der Waals surface area contributed by atoms with Gasteiger partial charge in [-0.3, -0.25) is 9.79 Å². The van der Waals surface area contributed by atoms with Gasteiger partial charge < -0.3 is 20.9 Å². The standard InChI is InChI=1S/C22H33N3O3/c1-14(26)22(3,27-4)19-8-6-15-13-16(5-7-18(15)28-19)20(24)25-21(2)11-9-17(23)10-12-21/h5,7,13,17,19H,6,8-12,23H2,1-4H3,(H2,24,25)/t17?,19-,21?,22-/m1/s1. The van der Waals surface area contributed by atoms with Crippen LogP contribution in [-0.2, 0) is 16.0 Å². The molecule has 3 rings (SSSR count). The Hall–Kier alpha value is -1.92. The Bertz CT molecular complexity index is 768. The van der Waals surface area contributed by atoms with Crippen LogP contribution >= 0.6 is 0 Å². The van der Waals surface area contributed by atoms with E-state index in [-0.39, 0.29) is 23.5 Å². The lowest BCUT2D eigenvalue weighted by Crippen LogP contribution is -2.51. The first-order valence-corrected chi connectivity index (χ1v) is 10.1. The quantitative estimate of drug-likeness (QED) is 0.598. The fraction of sp³-hybridized carbons (Fsp3) is 0.636. The molecule has 1 aliphatic heterocycles. The smallest absolute Gasteiger partial charge is 0.165 e. The number of ketones is 1. The summed E-state index contributed by atoms with van der Waals surface area (Å²) in [7, 11) is 1.55. The molecule has 6 nitrogen and oxygen atoms in total. The SMILES string of the molecule is CO[C@](C)(C(C)=O)[C@H]1CCc2cc(C(N)=NC3(C)CCC(N)CC3)ccc2O1. The third-order valence-electron chi connectivity index (χ3n) is 6.54. The van der Waals surface area contributed by atoms with Crippen LogP contribution in [0.1, 0.15) is 64.0 Å². The number of nitrogens with two attached hydrogens (primary N) is 2. The summed E-state index contributed by atoms with van der Waals surface area (Å²) in [6, 6.07) is 6.20. The molecule has 1 saturated carbocycles. The molecule has 0 unspecified atom stereocenters. The molecule has 2 aliphatic rings. The van der Waals surface area contributed by atoms with Gasteiger partial charge in [-0.2, -0.15) is 0 Å². The zero-order chi connectivity index (χ0) is 20.5. The van der Waals surface area contributed by atoms with Crippen LogP contribution in [0.2, 0.25) is 0 Å². The van der Waals surface area contributed by atoms with Crippen molar-refractivity contribution in [3.63, 3.8) is 0 Å². The number of benzene rings is 1. The molecule has 6 heteroatoms. The summed E-state index contributed by atoms with van der Waals surface area (Å²) < 4.78 is 11.6. The van der Waals surface area contributed by atoms with Crippen molar-refractivity contribution < 1.29 is 14.3 Å². The van der Waals surface area contributed by atoms with E-state index in [0.29, 0.717) is 12.3 Å². The summed E-state index contributed by atoms with van der Waals surface area (Å²) in [4.78, 5) is 16.9. The lowest BCUT2D eigenvalue weighted by Gasteiger charge is -2.37. The van der Waals surface area contributed by atoms with Gasteiger partial charge in [-0.05, 0) is 83.1 Å². The monoisotopic (exact) mass is 387 g/mol. The minimum Gasteiger partial charge on any atom is -0.487 e. The first-order chi connectivity index (χ1) is 13.2. The Balaban J connectivity index is 1.78. The first-order valence-electron chi connectivity index (χ1n) is 10.1. The van der Waals surface area contributed by atoms with Gasteiger partial charge in [0.1, 0.15) is 17.7 Å². The molecule has 0 radical (unpaired) electrons. The van der Waals surface area contributed by atoms with E-state index in [2.05, 4.69) is 13.0 Å². The zero-order valence-electron chi connectivity index (χ0n) is 17.5. The molecule has 1 aromatic carbocycles. The van der Waals surface area contributed by atoms with Crippen molar-refractivity contribution in [2.45, 2.75) is 82.6 Å². The van der Waals surface area contributed by atoms with E-state index < -0.39 is 5.60 Å². The van der Waals surface area contributed by atoms with Crippen molar-refractivity contribution in [2.24, 2.45) is 16.5 Å². The number of Topliss-reactive ketones (excluding diaryl/α,β-unsaturated/α-hetero) is 1. The van der Waals surface area contributed by atoms with Crippen molar-refractivity contribution in [2.75, 3.05) is 7.11 Å². The Kier molecular flexibility index (Phi) is 5.82. The minimum atomic E-state index is -0.937. The van der Waals surface area contributed by atoms with Crippen molar-refractivity contribution in [1.82, 2.24) is 0 Å². The predicted octanol–water partition coefficient (Wildman–Crippen LogP) is 2.74. The van der Waals surface area contributed by atoms with Crippen molar-refractivity contribution in [1.29, 1.82) is 0 Å². The Morgan fingerprint density at radius 1 is 1.32 bits per heavy atom. The molecule has 0 spiro atoms. The maximum Gasteiger partial charge on any atom is 0.165 e. The van der Waals surface area contributed by atoms with Gasteiger partial charge in [0.15, 0.2) is 11.4 Å². The number of nitrogens with zero attached hydrogens (tertiary/aromatic N) is 1. The van der Waals surface area contributed by atoms with E-state index >= 15 is 0 Å². The third-order valence-corrected chi connectivity index (χ3v) is 6.54. The van der Waals surface area contributed by atoms with E-state index in [4.69, 9.17) is 25.9 Å². The average molecular weight is 388 g/mol. The second-order valence-electron chi connectivity index (χ2n) is 8.67. The fourth-order valence-electron chi connectivity index (χ4n) is 4.17. The maximum atomic E-state index is 12.0. The van der Waals surface area contributed by atoms with Gasteiger partial charge in [-0.15, -0.1) is 0 Å². The molecule has 1 heterocycles. The Morgan fingerprint density at radius 3 is 2.61 bits per heavy atom. The predicted molar refractivity (Wildman–Crippen MR) is 111 cm³/mol. The minimum absolute atomic E-state index is 0.0307. The average Bonchev–Trinajstić information content (AvgIpc) is 2.68. The van der Waals surface area contributed by atoms with Crippen molar-refractivity contribution in [3.05, 3.63) is 29.3 Å². The number of methoxy groups -OCH3 is 1. The van der Waals surface area contributed by atoms with Crippen molar-refractivity contribution >= 4 is 11.6 Å². The van der Waals surface area contributed by atoms with Crippen LogP contribution in [0.25, 0.3) is 0 Å². The van der Waals surface area contributed by atoms with Crippen LogP contribution in [0.5, 0.6) is 5.75 Å². The lowest BCUT2D eigenvalue weighted by molar-refractivity contribution is -0.149. The van der Waals surface area contributed by atoms with Gasteiger partial charge >= 0.3 is 0 Å². The summed E-state index contributed by atoms with van der Waals surface area (Å²) in [5, 5.41) is 0.